The van der Waals surface area contributed by atoms with Crippen LogP contribution in [0.2, 0.25) is 0 Å². The number of rotatable bonds is 4. The number of aryl methyl sites for hydroxylation is 1. The summed E-state index contributed by atoms with van der Waals surface area (Å²) in [5.41, 5.74) is 2.66. The van der Waals surface area contributed by atoms with Gasteiger partial charge < -0.3 is 10.6 Å². The fraction of sp³-hybridized carbons (Fsp3) is 0.733. The normalized spacial score (nSPS) is 19.1. The molecule has 0 saturated carbocycles. The summed E-state index contributed by atoms with van der Waals surface area (Å²) in [4.78, 5) is 4.47. The quantitative estimate of drug-likeness (QED) is 0.653. The number of nitrogens with zero attached hydrogens (tertiary/aromatic N) is 3. The minimum atomic E-state index is 0.433. The van der Waals surface area contributed by atoms with Gasteiger partial charge in [-0.3, -0.25) is 9.67 Å². The van der Waals surface area contributed by atoms with Crippen molar-refractivity contribution in [1.29, 1.82) is 0 Å². The number of fused-ring (bicyclic) bond motifs is 1. The third kappa shape index (κ3) is 3.52. The molecular formula is C15H27N5. The van der Waals surface area contributed by atoms with Crippen LogP contribution in [-0.4, -0.2) is 34.9 Å². The van der Waals surface area contributed by atoms with Gasteiger partial charge in [0.1, 0.15) is 0 Å². The fourth-order valence-corrected chi connectivity index (χ4v) is 2.57. The van der Waals surface area contributed by atoms with Crippen LogP contribution in [0.5, 0.6) is 0 Å². The lowest BCUT2D eigenvalue weighted by atomic mass is 9.94. The number of aliphatic imine (C=N–C) groups is 1. The van der Waals surface area contributed by atoms with Crippen molar-refractivity contribution in [3.05, 3.63) is 17.5 Å². The van der Waals surface area contributed by atoms with E-state index in [4.69, 9.17) is 5.10 Å². The molecule has 0 radical (unpaired) electrons. The lowest BCUT2D eigenvalue weighted by Gasteiger charge is -2.24. The molecule has 0 amide bonds. The number of hydrogen-bond donors (Lipinski definition) is 2. The SMILES string of the molecule is CCN=C(NCC)NC1CCc2cn(C(C)C)nc2C1. The van der Waals surface area contributed by atoms with E-state index in [1.807, 2.05) is 0 Å². The van der Waals surface area contributed by atoms with Crippen molar-refractivity contribution in [3.8, 4) is 0 Å². The maximum Gasteiger partial charge on any atom is 0.191 e. The van der Waals surface area contributed by atoms with Gasteiger partial charge in [-0.05, 0) is 46.1 Å². The minimum Gasteiger partial charge on any atom is -0.357 e. The average Bonchev–Trinajstić information content (AvgIpc) is 2.82. The Bertz CT molecular complexity index is 461. The van der Waals surface area contributed by atoms with Gasteiger partial charge in [-0.2, -0.15) is 5.10 Å². The van der Waals surface area contributed by atoms with Crippen molar-refractivity contribution in [2.24, 2.45) is 4.99 Å². The molecule has 20 heavy (non-hydrogen) atoms. The molecule has 0 fully saturated rings. The standard InChI is InChI=1S/C15H27N5/c1-5-16-15(17-6-2)18-13-8-7-12-10-20(11(3)4)19-14(12)9-13/h10-11,13H,5-9H2,1-4H3,(H2,16,17,18). The Morgan fingerprint density at radius 3 is 2.95 bits per heavy atom. The summed E-state index contributed by atoms with van der Waals surface area (Å²) in [6.45, 7) is 10.2. The van der Waals surface area contributed by atoms with Gasteiger partial charge in [0.05, 0.1) is 5.69 Å². The minimum absolute atomic E-state index is 0.433. The second kappa shape index (κ2) is 6.77. The highest BCUT2D eigenvalue weighted by molar-refractivity contribution is 5.80. The van der Waals surface area contributed by atoms with Crippen LogP contribution in [-0.2, 0) is 12.8 Å². The Morgan fingerprint density at radius 1 is 1.50 bits per heavy atom. The first kappa shape index (κ1) is 14.9. The van der Waals surface area contributed by atoms with Gasteiger partial charge in [0.15, 0.2) is 5.96 Å². The van der Waals surface area contributed by atoms with E-state index in [0.29, 0.717) is 12.1 Å². The predicted octanol–water partition coefficient (Wildman–Crippen LogP) is 1.90. The monoisotopic (exact) mass is 277 g/mol. The molecule has 0 bridgehead atoms. The van der Waals surface area contributed by atoms with Gasteiger partial charge in [-0.25, -0.2) is 0 Å². The van der Waals surface area contributed by atoms with Crippen molar-refractivity contribution >= 4 is 5.96 Å². The van der Waals surface area contributed by atoms with E-state index in [0.717, 1.165) is 38.3 Å². The second-order valence-electron chi connectivity index (χ2n) is 5.61. The average molecular weight is 277 g/mol. The topological polar surface area (TPSA) is 54.2 Å². The summed E-state index contributed by atoms with van der Waals surface area (Å²) in [5.74, 6) is 0.923. The zero-order valence-electron chi connectivity index (χ0n) is 13.1. The highest BCUT2D eigenvalue weighted by atomic mass is 15.3. The first-order chi connectivity index (χ1) is 9.63. The third-order valence-corrected chi connectivity index (χ3v) is 3.63. The summed E-state index contributed by atoms with van der Waals surface area (Å²) in [6, 6.07) is 0.869. The molecule has 1 aliphatic rings. The van der Waals surface area contributed by atoms with Gasteiger partial charge in [-0.1, -0.05) is 0 Å². The van der Waals surface area contributed by atoms with Gasteiger partial charge in [0.2, 0.25) is 0 Å². The maximum absolute atomic E-state index is 4.72. The Hall–Kier alpha value is -1.52. The van der Waals surface area contributed by atoms with E-state index in [2.05, 4.69) is 54.2 Å². The molecule has 2 N–H and O–H groups in total. The van der Waals surface area contributed by atoms with Crippen LogP contribution < -0.4 is 10.6 Å². The molecule has 0 aromatic carbocycles. The number of guanidine groups is 1. The molecule has 1 aromatic rings. The molecule has 5 nitrogen and oxygen atoms in total. The lowest BCUT2D eigenvalue weighted by molar-refractivity contribution is 0.499. The number of hydrogen-bond acceptors (Lipinski definition) is 2. The molecule has 0 aliphatic heterocycles. The van der Waals surface area contributed by atoms with Gasteiger partial charge in [0.25, 0.3) is 0 Å². The molecule has 0 spiro atoms. The smallest absolute Gasteiger partial charge is 0.191 e. The molecule has 1 aliphatic carbocycles. The molecule has 0 saturated heterocycles. The predicted molar refractivity (Wildman–Crippen MR) is 83.2 cm³/mol. The van der Waals surface area contributed by atoms with Crippen LogP contribution in [0.25, 0.3) is 0 Å². The molecular weight excluding hydrogens is 250 g/mol. The van der Waals surface area contributed by atoms with Crippen LogP contribution in [0, 0.1) is 0 Å². The van der Waals surface area contributed by atoms with Gasteiger partial charge in [0, 0.05) is 37.8 Å². The van der Waals surface area contributed by atoms with Crippen LogP contribution in [0.3, 0.4) is 0 Å². The Balaban J connectivity index is 2.01. The van der Waals surface area contributed by atoms with Crippen LogP contribution in [0.4, 0.5) is 0 Å². The zero-order chi connectivity index (χ0) is 14.5. The summed E-state index contributed by atoms with van der Waals surface area (Å²) in [5, 5.41) is 11.5. The van der Waals surface area contributed by atoms with Crippen LogP contribution >= 0.6 is 0 Å². The van der Waals surface area contributed by atoms with E-state index in [1.54, 1.807) is 0 Å². The number of nitrogens with one attached hydrogen (secondary N) is 2. The van der Waals surface area contributed by atoms with Crippen LogP contribution in [0.15, 0.2) is 11.2 Å². The van der Waals surface area contributed by atoms with Gasteiger partial charge in [-0.15, -0.1) is 0 Å². The zero-order valence-corrected chi connectivity index (χ0v) is 13.1. The summed E-state index contributed by atoms with van der Waals surface area (Å²) in [6.07, 6.45) is 5.45. The highest BCUT2D eigenvalue weighted by Crippen LogP contribution is 2.21. The van der Waals surface area contributed by atoms with Crippen molar-refractivity contribution in [1.82, 2.24) is 20.4 Å². The van der Waals surface area contributed by atoms with E-state index >= 15 is 0 Å². The number of aromatic nitrogens is 2. The molecule has 1 unspecified atom stereocenters. The third-order valence-electron chi connectivity index (χ3n) is 3.63. The van der Waals surface area contributed by atoms with E-state index in [9.17, 15) is 0 Å². The van der Waals surface area contributed by atoms with Crippen LogP contribution in [0.1, 0.15) is 51.4 Å². The first-order valence-electron chi connectivity index (χ1n) is 7.75. The highest BCUT2D eigenvalue weighted by Gasteiger charge is 2.22. The largest absolute Gasteiger partial charge is 0.357 e. The van der Waals surface area contributed by atoms with Crippen molar-refractivity contribution < 1.29 is 0 Å². The lowest BCUT2D eigenvalue weighted by Crippen LogP contribution is -2.45. The molecule has 1 aromatic heterocycles. The molecule has 5 heteroatoms. The van der Waals surface area contributed by atoms with E-state index in [-0.39, 0.29) is 0 Å². The van der Waals surface area contributed by atoms with Gasteiger partial charge >= 0.3 is 0 Å². The first-order valence-corrected chi connectivity index (χ1v) is 7.75. The summed E-state index contributed by atoms with van der Waals surface area (Å²) >= 11 is 0. The van der Waals surface area contributed by atoms with E-state index in [1.165, 1.54) is 11.3 Å². The molecule has 1 heterocycles. The van der Waals surface area contributed by atoms with Crippen molar-refractivity contribution in [2.45, 2.75) is 59.0 Å². The molecule has 2 rings (SSSR count). The molecule has 1 atom stereocenters. The Morgan fingerprint density at radius 2 is 2.30 bits per heavy atom. The van der Waals surface area contributed by atoms with E-state index < -0.39 is 0 Å². The van der Waals surface area contributed by atoms with Crippen molar-refractivity contribution in [2.75, 3.05) is 13.1 Å². The Kier molecular flexibility index (Phi) is 5.04. The van der Waals surface area contributed by atoms with Crippen molar-refractivity contribution in [3.63, 3.8) is 0 Å². The maximum atomic E-state index is 4.72. The Labute approximate surface area is 121 Å². The summed E-state index contributed by atoms with van der Waals surface area (Å²) < 4.78 is 2.08. The summed E-state index contributed by atoms with van der Waals surface area (Å²) in [7, 11) is 0. The fourth-order valence-electron chi connectivity index (χ4n) is 2.57. The second-order valence-corrected chi connectivity index (χ2v) is 5.61. The molecule has 112 valence electrons.